The number of carboxylic acid groups (broad SMARTS) is 1. The third-order valence-corrected chi connectivity index (χ3v) is 2.90. The maximum atomic E-state index is 10.8. The maximum absolute atomic E-state index is 10.8. The maximum Gasteiger partial charge on any atom is 0.307 e. The molecule has 0 aliphatic rings. The summed E-state index contributed by atoms with van der Waals surface area (Å²) in [7, 11) is 0. The predicted octanol–water partition coefficient (Wildman–Crippen LogP) is 3.32. The second kappa shape index (κ2) is 6.04. The van der Waals surface area contributed by atoms with Crippen molar-refractivity contribution in [1.29, 1.82) is 0 Å². The van der Waals surface area contributed by atoms with E-state index in [4.69, 9.17) is 9.84 Å². The van der Waals surface area contributed by atoms with Gasteiger partial charge in [-0.2, -0.15) is 0 Å². The number of nitro benzene ring substituents is 1. The average molecular weight is 287 g/mol. The number of non-ortho nitro benzene ring substituents is 1. The molecule has 0 amide bonds. The van der Waals surface area contributed by atoms with E-state index in [-0.39, 0.29) is 12.1 Å². The Morgan fingerprint density at radius 2 is 1.95 bits per heavy atom. The van der Waals surface area contributed by atoms with Crippen LogP contribution in [-0.2, 0) is 11.2 Å². The van der Waals surface area contributed by atoms with Crippen molar-refractivity contribution in [3.63, 3.8) is 0 Å². The Morgan fingerprint density at radius 1 is 1.24 bits per heavy atom. The zero-order chi connectivity index (χ0) is 15.4. The highest BCUT2D eigenvalue weighted by Crippen LogP contribution is 2.30. The molecular formula is C15H13NO5. The van der Waals surface area contributed by atoms with E-state index in [1.807, 2.05) is 0 Å². The molecular weight excluding hydrogens is 274 g/mol. The fourth-order valence-electron chi connectivity index (χ4n) is 1.89. The molecule has 2 aromatic carbocycles. The Bertz CT molecular complexity index is 696. The minimum absolute atomic E-state index is 0.0151. The normalized spacial score (nSPS) is 10.1. The van der Waals surface area contributed by atoms with Crippen molar-refractivity contribution in [2.45, 2.75) is 13.3 Å². The molecule has 0 unspecified atom stereocenters. The van der Waals surface area contributed by atoms with Gasteiger partial charge < -0.3 is 9.84 Å². The van der Waals surface area contributed by atoms with E-state index in [1.54, 1.807) is 31.2 Å². The predicted molar refractivity (Wildman–Crippen MR) is 75.7 cm³/mol. The van der Waals surface area contributed by atoms with Crippen LogP contribution in [-0.4, -0.2) is 16.0 Å². The van der Waals surface area contributed by atoms with Gasteiger partial charge in [0.25, 0.3) is 5.69 Å². The van der Waals surface area contributed by atoms with Crippen LogP contribution < -0.4 is 4.74 Å². The van der Waals surface area contributed by atoms with E-state index in [1.165, 1.54) is 18.2 Å². The number of rotatable bonds is 5. The van der Waals surface area contributed by atoms with Gasteiger partial charge in [0.05, 0.1) is 11.3 Å². The lowest BCUT2D eigenvalue weighted by atomic mass is 10.1. The van der Waals surface area contributed by atoms with Crippen molar-refractivity contribution in [2.75, 3.05) is 0 Å². The van der Waals surface area contributed by atoms with Gasteiger partial charge in [0, 0.05) is 17.7 Å². The molecule has 0 aromatic heterocycles. The molecule has 108 valence electrons. The van der Waals surface area contributed by atoms with E-state index in [0.29, 0.717) is 22.6 Å². The molecule has 0 aliphatic heterocycles. The third-order valence-electron chi connectivity index (χ3n) is 2.90. The van der Waals surface area contributed by atoms with Crippen LogP contribution >= 0.6 is 0 Å². The molecule has 6 heteroatoms. The average Bonchev–Trinajstić information content (AvgIpc) is 2.42. The van der Waals surface area contributed by atoms with Crippen molar-refractivity contribution in [3.8, 4) is 11.5 Å². The lowest BCUT2D eigenvalue weighted by Gasteiger charge is -2.11. The van der Waals surface area contributed by atoms with Gasteiger partial charge in [-0.1, -0.05) is 18.2 Å². The highest BCUT2D eigenvalue weighted by molar-refractivity contribution is 5.71. The highest BCUT2D eigenvalue weighted by atomic mass is 16.6. The Morgan fingerprint density at radius 3 is 2.57 bits per heavy atom. The number of carbonyl (C=O) groups is 1. The molecule has 0 spiro atoms. The van der Waals surface area contributed by atoms with Crippen LogP contribution in [0.2, 0.25) is 0 Å². The number of ether oxygens (including phenoxy) is 1. The van der Waals surface area contributed by atoms with Crippen molar-refractivity contribution in [2.24, 2.45) is 0 Å². The van der Waals surface area contributed by atoms with E-state index in [0.717, 1.165) is 0 Å². The van der Waals surface area contributed by atoms with Gasteiger partial charge in [0.2, 0.25) is 0 Å². The van der Waals surface area contributed by atoms with Crippen LogP contribution in [0, 0.1) is 17.0 Å². The van der Waals surface area contributed by atoms with Crippen LogP contribution in [0.5, 0.6) is 11.5 Å². The van der Waals surface area contributed by atoms with E-state index >= 15 is 0 Å². The summed E-state index contributed by atoms with van der Waals surface area (Å²) in [6, 6.07) is 11.1. The van der Waals surface area contributed by atoms with Gasteiger partial charge in [0.15, 0.2) is 0 Å². The summed E-state index contributed by atoms with van der Waals surface area (Å²) in [6.45, 7) is 1.70. The monoisotopic (exact) mass is 287 g/mol. The Hall–Kier alpha value is -2.89. The van der Waals surface area contributed by atoms with E-state index in [9.17, 15) is 14.9 Å². The lowest BCUT2D eigenvalue weighted by molar-refractivity contribution is -0.384. The molecule has 0 radical (unpaired) electrons. The van der Waals surface area contributed by atoms with Crippen molar-refractivity contribution < 1.29 is 19.6 Å². The first-order valence-electron chi connectivity index (χ1n) is 6.20. The van der Waals surface area contributed by atoms with Gasteiger partial charge in [-0.15, -0.1) is 0 Å². The van der Waals surface area contributed by atoms with Gasteiger partial charge in [0.1, 0.15) is 11.5 Å². The minimum atomic E-state index is -0.952. The van der Waals surface area contributed by atoms with Crippen LogP contribution in [0.25, 0.3) is 0 Å². The first-order valence-corrected chi connectivity index (χ1v) is 6.20. The minimum Gasteiger partial charge on any atom is -0.481 e. The number of aliphatic carboxylic acids is 1. The molecule has 1 N–H and O–H groups in total. The van der Waals surface area contributed by atoms with Crippen molar-refractivity contribution in [3.05, 3.63) is 63.7 Å². The molecule has 0 saturated heterocycles. The topological polar surface area (TPSA) is 89.7 Å². The number of hydrogen-bond donors (Lipinski definition) is 1. The molecule has 2 rings (SSSR count). The number of hydrogen-bond acceptors (Lipinski definition) is 4. The second-order valence-corrected chi connectivity index (χ2v) is 4.49. The van der Waals surface area contributed by atoms with Crippen LogP contribution in [0.3, 0.4) is 0 Å². The number of benzene rings is 2. The molecule has 6 nitrogen and oxygen atoms in total. The summed E-state index contributed by atoms with van der Waals surface area (Å²) in [5.74, 6) is -0.0678. The number of nitro groups is 1. The van der Waals surface area contributed by atoms with Crippen LogP contribution in [0.4, 0.5) is 5.69 Å². The summed E-state index contributed by atoms with van der Waals surface area (Å²) in [5, 5.41) is 19.6. The molecule has 21 heavy (non-hydrogen) atoms. The summed E-state index contributed by atoms with van der Waals surface area (Å²) < 4.78 is 5.69. The summed E-state index contributed by atoms with van der Waals surface area (Å²) in [5.41, 5.74) is 1.13. The van der Waals surface area contributed by atoms with E-state index < -0.39 is 10.9 Å². The van der Waals surface area contributed by atoms with E-state index in [2.05, 4.69) is 0 Å². The SMILES string of the molecule is Cc1cc([N+](=O)[O-])ccc1Oc1ccccc1CC(=O)O. The fourth-order valence-corrected chi connectivity index (χ4v) is 1.89. The first-order chi connectivity index (χ1) is 9.97. The van der Waals surface area contributed by atoms with Gasteiger partial charge >= 0.3 is 5.97 Å². The molecule has 0 saturated carbocycles. The summed E-state index contributed by atoms with van der Waals surface area (Å²) in [4.78, 5) is 21.1. The molecule has 0 fully saturated rings. The number of carboxylic acids is 1. The molecule has 0 bridgehead atoms. The quantitative estimate of drug-likeness (QED) is 0.673. The number of aryl methyl sites for hydroxylation is 1. The zero-order valence-corrected chi connectivity index (χ0v) is 11.3. The fraction of sp³-hybridized carbons (Fsp3) is 0.133. The summed E-state index contributed by atoms with van der Waals surface area (Å²) >= 11 is 0. The van der Waals surface area contributed by atoms with Crippen LogP contribution in [0.1, 0.15) is 11.1 Å². The molecule has 2 aromatic rings. The molecule has 0 atom stereocenters. The smallest absolute Gasteiger partial charge is 0.307 e. The van der Waals surface area contributed by atoms with Crippen LogP contribution in [0.15, 0.2) is 42.5 Å². The Labute approximate surface area is 120 Å². The molecule has 0 aliphatic carbocycles. The highest BCUT2D eigenvalue weighted by Gasteiger charge is 2.12. The summed E-state index contributed by atoms with van der Waals surface area (Å²) in [6.07, 6.45) is -0.151. The van der Waals surface area contributed by atoms with Crippen molar-refractivity contribution in [1.82, 2.24) is 0 Å². The lowest BCUT2D eigenvalue weighted by Crippen LogP contribution is -2.02. The standard InChI is InChI=1S/C15H13NO5/c1-10-8-12(16(19)20)6-7-13(10)21-14-5-3-2-4-11(14)9-15(17)18/h2-8H,9H2,1H3,(H,17,18). The van der Waals surface area contributed by atoms with Gasteiger partial charge in [-0.3, -0.25) is 14.9 Å². The van der Waals surface area contributed by atoms with Gasteiger partial charge in [-0.25, -0.2) is 0 Å². The Balaban J connectivity index is 2.30. The van der Waals surface area contributed by atoms with Gasteiger partial charge in [-0.05, 0) is 24.6 Å². The molecule has 0 heterocycles. The third kappa shape index (κ3) is 3.56. The Kier molecular flexibility index (Phi) is 4.18. The zero-order valence-electron chi connectivity index (χ0n) is 11.3. The number of para-hydroxylation sites is 1. The first kappa shape index (κ1) is 14.5. The number of nitrogens with zero attached hydrogens (tertiary/aromatic N) is 1. The largest absolute Gasteiger partial charge is 0.481 e. The van der Waals surface area contributed by atoms with Crippen molar-refractivity contribution >= 4 is 11.7 Å². The second-order valence-electron chi connectivity index (χ2n) is 4.49.